The van der Waals surface area contributed by atoms with Crippen LogP contribution in [0.4, 0.5) is 0 Å². The molecule has 0 unspecified atom stereocenters. The number of hydrogen-bond donors (Lipinski definition) is 0. The summed E-state index contributed by atoms with van der Waals surface area (Å²) in [6, 6.07) is 13.0. The average Bonchev–Trinajstić information content (AvgIpc) is 3.17. The zero-order valence-electron chi connectivity index (χ0n) is 18.3. The third-order valence-corrected chi connectivity index (χ3v) is 7.13. The van der Waals surface area contributed by atoms with Crippen molar-refractivity contribution in [1.29, 1.82) is 0 Å². The van der Waals surface area contributed by atoms with E-state index >= 15 is 0 Å². The topological polar surface area (TPSA) is 22.2 Å². The fourth-order valence-corrected chi connectivity index (χ4v) is 5.08. The normalized spacial score (nSPS) is 20.3. The molecular weight excluding hydrogens is 392 g/mol. The van der Waals surface area contributed by atoms with Crippen LogP contribution in [0.25, 0.3) is 0 Å². The maximum atomic E-state index is 6.24. The Kier molecular flexibility index (Phi) is 8.17. The summed E-state index contributed by atoms with van der Waals surface area (Å²) in [4.78, 5) is 11.6. The zero-order chi connectivity index (χ0) is 20.6. The number of thiophene rings is 1. The lowest BCUT2D eigenvalue weighted by atomic mass is 10.2. The lowest BCUT2D eigenvalue weighted by Crippen LogP contribution is -2.45. The van der Waals surface area contributed by atoms with E-state index in [-0.39, 0.29) is 0 Å². The van der Waals surface area contributed by atoms with Crippen molar-refractivity contribution in [3.05, 3.63) is 52.2 Å². The number of para-hydroxylation sites is 1. The standard InChI is InChI=1S/C24H36N4OS/c1-25-11-13-26(14-12-25)17-18-29-24-8-3-2-6-22(24)20-27-9-5-10-28(16-15-27)21-23-7-4-19-30-23/h2-4,6-8,19H,5,9-18,20-21H2,1H3. The van der Waals surface area contributed by atoms with E-state index in [0.29, 0.717) is 0 Å². The van der Waals surface area contributed by atoms with Gasteiger partial charge in [0, 0.05) is 69.3 Å². The first kappa shape index (κ1) is 21.8. The molecule has 30 heavy (non-hydrogen) atoms. The Morgan fingerprint density at radius 3 is 2.30 bits per heavy atom. The first-order chi connectivity index (χ1) is 14.8. The highest BCUT2D eigenvalue weighted by Gasteiger charge is 2.17. The van der Waals surface area contributed by atoms with E-state index in [9.17, 15) is 0 Å². The molecule has 2 aliphatic rings. The highest BCUT2D eigenvalue weighted by atomic mass is 32.1. The molecule has 2 aromatic rings. The summed E-state index contributed by atoms with van der Waals surface area (Å²) in [6.45, 7) is 13.1. The summed E-state index contributed by atoms with van der Waals surface area (Å²) < 4.78 is 6.24. The van der Waals surface area contributed by atoms with Crippen molar-refractivity contribution in [3.8, 4) is 5.75 Å². The number of rotatable bonds is 8. The highest BCUT2D eigenvalue weighted by Crippen LogP contribution is 2.21. The van der Waals surface area contributed by atoms with Gasteiger partial charge in [0.05, 0.1) is 0 Å². The molecule has 0 N–H and O–H groups in total. The molecule has 0 bridgehead atoms. The van der Waals surface area contributed by atoms with Crippen molar-refractivity contribution in [2.45, 2.75) is 19.5 Å². The van der Waals surface area contributed by atoms with Gasteiger partial charge in [0.1, 0.15) is 12.4 Å². The summed E-state index contributed by atoms with van der Waals surface area (Å²) in [5, 5.41) is 2.18. The van der Waals surface area contributed by atoms with Gasteiger partial charge in [0.2, 0.25) is 0 Å². The second-order valence-corrected chi connectivity index (χ2v) is 9.62. The maximum Gasteiger partial charge on any atom is 0.123 e. The molecule has 5 nitrogen and oxygen atoms in total. The molecule has 0 spiro atoms. The molecule has 164 valence electrons. The van der Waals surface area contributed by atoms with Gasteiger partial charge in [-0.1, -0.05) is 24.3 Å². The van der Waals surface area contributed by atoms with Crippen molar-refractivity contribution in [2.24, 2.45) is 0 Å². The van der Waals surface area contributed by atoms with Crippen LogP contribution in [-0.2, 0) is 13.1 Å². The predicted octanol–water partition coefficient (Wildman–Crippen LogP) is 3.08. The van der Waals surface area contributed by atoms with Crippen LogP contribution < -0.4 is 4.74 Å². The second kappa shape index (κ2) is 11.3. The van der Waals surface area contributed by atoms with E-state index in [4.69, 9.17) is 4.74 Å². The molecule has 0 atom stereocenters. The van der Waals surface area contributed by atoms with E-state index in [1.54, 1.807) is 0 Å². The van der Waals surface area contributed by atoms with Crippen molar-refractivity contribution < 1.29 is 4.74 Å². The molecule has 1 aromatic carbocycles. The summed E-state index contributed by atoms with van der Waals surface area (Å²) in [6.07, 6.45) is 1.23. The molecule has 0 saturated carbocycles. The van der Waals surface area contributed by atoms with Crippen LogP contribution in [0.2, 0.25) is 0 Å². The molecule has 0 amide bonds. The third-order valence-electron chi connectivity index (χ3n) is 6.27. The Hall–Kier alpha value is -1.44. The van der Waals surface area contributed by atoms with Gasteiger partial charge in [0.25, 0.3) is 0 Å². The largest absolute Gasteiger partial charge is 0.492 e. The van der Waals surface area contributed by atoms with Crippen LogP contribution in [0.1, 0.15) is 16.9 Å². The van der Waals surface area contributed by atoms with Gasteiger partial charge in [-0.3, -0.25) is 14.7 Å². The van der Waals surface area contributed by atoms with Gasteiger partial charge in [-0.05, 0) is 44.1 Å². The maximum absolute atomic E-state index is 6.24. The molecule has 1 aromatic heterocycles. The highest BCUT2D eigenvalue weighted by molar-refractivity contribution is 7.09. The molecule has 4 rings (SSSR count). The van der Waals surface area contributed by atoms with Crippen LogP contribution in [0, 0.1) is 0 Å². The summed E-state index contributed by atoms with van der Waals surface area (Å²) in [7, 11) is 2.20. The Bertz CT molecular complexity index is 745. The number of ether oxygens (including phenoxy) is 1. The summed E-state index contributed by atoms with van der Waals surface area (Å²) >= 11 is 1.87. The number of benzene rings is 1. The lowest BCUT2D eigenvalue weighted by Gasteiger charge is -2.32. The fraction of sp³-hybridized carbons (Fsp3) is 0.583. The molecule has 6 heteroatoms. The Morgan fingerprint density at radius 2 is 1.53 bits per heavy atom. The van der Waals surface area contributed by atoms with Gasteiger partial charge < -0.3 is 9.64 Å². The van der Waals surface area contributed by atoms with Gasteiger partial charge >= 0.3 is 0 Å². The second-order valence-electron chi connectivity index (χ2n) is 8.59. The van der Waals surface area contributed by atoms with E-state index < -0.39 is 0 Å². The first-order valence-electron chi connectivity index (χ1n) is 11.3. The Labute approximate surface area is 185 Å². The predicted molar refractivity (Wildman–Crippen MR) is 125 cm³/mol. The Balaban J connectivity index is 1.25. The SMILES string of the molecule is CN1CCN(CCOc2ccccc2CN2CCCN(Cc3cccs3)CC2)CC1. The smallest absolute Gasteiger partial charge is 0.123 e. The number of likely N-dealkylation sites (N-methyl/N-ethyl adjacent to an activating group) is 1. The van der Waals surface area contributed by atoms with Gasteiger partial charge in [-0.25, -0.2) is 0 Å². The zero-order valence-corrected chi connectivity index (χ0v) is 19.2. The van der Waals surface area contributed by atoms with Crippen LogP contribution >= 0.6 is 11.3 Å². The fourth-order valence-electron chi connectivity index (χ4n) is 4.34. The molecule has 2 fully saturated rings. The van der Waals surface area contributed by atoms with Crippen LogP contribution in [0.3, 0.4) is 0 Å². The molecule has 0 radical (unpaired) electrons. The molecule has 0 aliphatic carbocycles. The monoisotopic (exact) mass is 428 g/mol. The number of piperazine rings is 1. The van der Waals surface area contributed by atoms with Crippen LogP contribution in [0.15, 0.2) is 41.8 Å². The van der Waals surface area contributed by atoms with E-state index in [2.05, 4.69) is 68.4 Å². The van der Waals surface area contributed by atoms with Crippen LogP contribution in [-0.4, -0.2) is 92.2 Å². The minimum atomic E-state index is 0.773. The number of hydrogen-bond acceptors (Lipinski definition) is 6. The van der Waals surface area contributed by atoms with Gasteiger partial charge in [-0.15, -0.1) is 11.3 Å². The van der Waals surface area contributed by atoms with Crippen molar-refractivity contribution >= 4 is 11.3 Å². The molecule has 3 heterocycles. The van der Waals surface area contributed by atoms with E-state index in [1.807, 2.05) is 11.3 Å². The minimum absolute atomic E-state index is 0.773. The molecule has 2 aliphatic heterocycles. The molecule has 2 saturated heterocycles. The summed E-state index contributed by atoms with van der Waals surface area (Å²) in [5.74, 6) is 1.06. The quantitative estimate of drug-likeness (QED) is 0.643. The van der Waals surface area contributed by atoms with Crippen molar-refractivity contribution in [3.63, 3.8) is 0 Å². The van der Waals surface area contributed by atoms with Crippen LogP contribution in [0.5, 0.6) is 5.75 Å². The first-order valence-corrected chi connectivity index (χ1v) is 12.2. The van der Waals surface area contributed by atoms with E-state index in [1.165, 1.54) is 23.4 Å². The molecular formula is C24H36N4OS. The summed E-state index contributed by atoms with van der Waals surface area (Å²) in [5.41, 5.74) is 1.32. The third kappa shape index (κ3) is 6.53. The van der Waals surface area contributed by atoms with Crippen molar-refractivity contribution in [2.75, 3.05) is 72.6 Å². The average molecular weight is 429 g/mol. The minimum Gasteiger partial charge on any atom is -0.492 e. The Morgan fingerprint density at radius 1 is 0.800 bits per heavy atom. The lowest BCUT2D eigenvalue weighted by molar-refractivity contribution is 0.133. The number of nitrogens with zero attached hydrogens (tertiary/aromatic N) is 4. The van der Waals surface area contributed by atoms with Gasteiger partial charge in [0.15, 0.2) is 0 Å². The van der Waals surface area contributed by atoms with E-state index in [0.717, 1.165) is 77.8 Å². The van der Waals surface area contributed by atoms with Crippen molar-refractivity contribution in [1.82, 2.24) is 19.6 Å². The van der Waals surface area contributed by atoms with Gasteiger partial charge in [-0.2, -0.15) is 0 Å².